The van der Waals surface area contributed by atoms with Gasteiger partial charge >= 0.3 is 0 Å². The average molecular weight is 479 g/mol. The first-order valence-electron chi connectivity index (χ1n) is 13.5. The minimum absolute atomic E-state index is 0.0591. The Hall–Kier alpha value is -1.26. The second-order valence-corrected chi connectivity index (χ2v) is 11.9. The molecule has 2 aliphatic heterocycles. The van der Waals surface area contributed by atoms with E-state index in [-0.39, 0.29) is 41.7 Å². The summed E-state index contributed by atoms with van der Waals surface area (Å²) in [6, 6.07) is 0. The first-order chi connectivity index (χ1) is 16.3. The van der Waals surface area contributed by atoms with Crippen molar-refractivity contribution in [1.82, 2.24) is 32.3 Å². The monoisotopic (exact) mass is 478 g/mol. The fourth-order valence-electron chi connectivity index (χ4n) is 5.99. The minimum atomic E-state index is -0.110. The Kier molecular flexibility index (Phi) is 8.85. The summed E-state index contributed by atoms with van der Waals surface area (Å²) in [4.78, 5) is 30.4. The van der Waals surface area contributed by atoms with Crippen LogP contribution in [0.5, 0.6) is 0 Å². The molecule has 5 atom stereocenters. The zero-order chi connectivity index (χ0) is 24.1. The van der Waals surface area contributed by atoms with Gasteiger partial charge in [-0.15, -0.1) is 0 Å². The van der Waals surface area contributed by atoms with Crippen LogP contribution in [-0.2, 0) is 14.4 Å². The molecule has 0 radical (unpaired) electrons. The van der Waals surface area contributed by atoms with Gasteiger partial charge in [-0.25, -0.2) is 5.43 Å². The molecule has 2 saturated heterocycles. The van der Waals surface area contributed by atoms with Crippen LogP contribution < -0.4 is 32.3 Å². The Bertz CT molecular complexity index is 696. The Labute approximate surface area is 204 Å². The molecule has 5 unspecified atom stereocenters. The van der Waals surface area contributed by atoms with Crippen molar-refractivity contribution in [2.24, 2.45) is 29.1 Å². The van der Waals surface area contributed by atoms with Crippen LogP contribution in [0, 0.1) is 29.1 Å². The van der Waals surface area contributed by atoms with Crippen LogP contribution in [0.4, 0.5) is 0 Å². The van der Waals surface area contributed by atoms with Crippen LogP contribution in [0.1, 0.15) is 85.0 Å². The van der Waals surface area contributed by atoms with Crippen LogP contribution in [0.15, 0.2) is 0 Å². The number of hydrazine groups is 1. The van der Waals surface area contributed by atoms with Crippen molar-refractivity contribution >= 4 is 11.8 Å². The highest BCUT2D eigenvalue weighted by molar-refractivity contribution is 5.79. The lowest BCUT2D eigenvalue weighted by Gasteiger charge is -2.42. The lowest BCUT2D eigenvalue weighted by atomic mass is 9.76. The molecule has 0 bridgehead atoms. The molecule has 0 aromatic heterocycles. The van der Waals surface area contributed by atoms with Crippen molar-refractivity contribution in [1.29, 1.82) is 0 Å². The van der Waals surface area contributed by atoms with Gasteiger partial charge in [-0.05, 0) is 49.4 Å². The third-order valence-electron chi connectivity index (χ3n) is 8.37. The van der Waals surface area contributed by atoms with Gasteiger partial charge in [0.25, 0.3) is 0 Å². The summed E-state index contributed by atoms with van der Waals surface area (Å²) in [6.45, 7) is 8.00. The maximum Gasteiger partial charge on any atom is 0.237 e. The average Bonchev–Trinajstić information content (AvgIpc) is 3.31. The molecule has 0 aromatic carbocycles. The molecule has 9 nitrogen and oxygen atoms in total. The number of carbonyl (C=O) groups is 2. The van der Waals surface area contributed by atoms with E-state index >= 15 is 0 Å². The van der Waals surface area contributed by atoms with Crippen molar-refractivity contribution in [2.75, 3.05) is 13.1 Å². The van der Waals surface area contributed by atoms with Crippen molar-refractivity contribution in [3.63, 3.8) is 0 Å². The molecule has 34 heavy (non-hydrogen) atoms. The van der Waals surface area contributed by atoms with Crippen LogP contribution in [-0.4, -0.2) is 43.5 Å². The summed E-state index contributed by atoms with van der Waals surface area (Å²) < 4.78 is 0. The largest absolute Gasteiger partial charge is 0.356 e. The van der Waals surface area contributed by atoms with E-state index in [1.54, 1.807) is 0 Å². The first-order valence-corrected chi connectivity index (χ1v) is 13.5. The summed E-state index contributed by atoms with van der Waals surface area (Å²) >= 11 is 0. The smallest absolute Gasteiger partial charge is 0.237 e. The Morgan fingerprint density at radius 1 is 1.09 bits per heavy atom. The van der Waals surface area contributed by atoms with E-state index in [4.69, 9.17) is 4.84 Å². The Morgan fingerprint density at radius 2 is 1.85 bits per heavy atom. The number of hydroxylamine groups is 1. The molecule has 4 aliphatic rings. The molecule has 0 spiro atoms. The number of nitrogens with one attached hydrogen (secondary N) is 6. The zero-order valence-corrected chi connectivity index (χ0v) is 21.3. The summed E-state index contributed by atoms with van der Waals surface area (Å²) in [5, 5.41) is 10.2. The third-order valence-corrected chi connectivity index (χ3v) is 8.37. The van der Waals surface area contributed by atoms with Gasteiger partial charge in [-0.2, -0.15) is 5.48 Å². The SMILES string of the molecule is CC1CCC(C2NOC(CCC(=O)NCC(C)(C)CNC3NNC(=O)C4CCCCC34)N2)CC1. The van der Waals surface area contributed by atoms with E-state index in [2.05, 4.69) is 53.1 Å². The van der Waals surface area contributed by atoms with Gasteiger partial charge < -0.3 is 5.32 Å². The molecule has 4 fully saturated rings. The van der Waals surface area contributed by atoms with E-state index in [1.807, 2.05) is 0 Å². The van der Waals surface area contributed by atoms with Crippen LogP contribution in [0.25, 0.3) is 0 Å². The highest BCUT2D eigenvalue weighted by Gasteiger charge is 2.40. The standard InChI is InChI=1S/C25H46N6O3/c1-16-8-10-17(11-9-16)22-28-21(34-31-22)13-12-20(32)26-14-25(2,3)15-27-23-18-6-4-5-7-19(18)24(33)30-29-23/h16-19,21-23,27-29,31H,4-15H2,1-3H3,(H,26,32)(H,30,33). The number of carbonyl (C=O) groups excluding carboxylic acids is 2. The third kappa shape index (κ3) is 6.91. The van der Waals surface area contributed by atoms with Crippen molar-refractivity contribution in [2.45, 2.75) is 104 Å². The molecule has 0 aromatic rings. The van der Waals surface area contributed by atoms with Gasteiger partial charge in [-0.3, -0.25) is 30.5 Å². The highest BCUT2D eigenvalue weighted by Crippen LogP contribution is 2.34. The lowest BCUT2D eigenvalue weighted by Crippen LogP contribution is -2.65. The van der Waals surface area contributed by atoms with Crippen LogP contribution in [0.3, 0.4) is 0 Å². The maximum atomic E-state index is 12.5. The molecule has 2 saturated carbocycles. The van der Waals surface area contributed by atoms with E-state index in [9.17, 15) is 9.59 Å². The Morgan fingerprint density at radius 3 is 2.65 bits per heavy atom. The molecule has 6 N–H and O–H groups in total. The van der Waals surface area contributed by atoms with Crippen LogP contribution >= 0.6 is 0 Å². The summed E-state index contributed by atoms with van der Waals surface area (Å²) in [5.74, 6) is 2.08. The molecular weight excluding hydrogens is 432 g/mol. The number of hydrogen-bond acceptors (Lipinski definition) is 7. The quantitative estimate of drug-likeness (QED) is 0.300. The molecule has 9 heteroatoms. The molecule has 2 aliphatic carbocycles. The lowest BCUT2D eigenvalue weighted by molar-refractivity contribution is -0.134. The fourth-order valence-corrected chi connectivity index (χ4v) is 5.99. The Balaban J connectivity index is 1.12. The van der Waals surface area contributed by atoms with Gasteiger partial charge in [0.2, 0.25) is 11.8 Å². The maximum absolute atomic E-state index is 12.5. The number of rotatable bonds is 9. The summed E-state index contributed by atoms with van der Waals surface area (Å²) in [5.41, 5.74) is 9.06. The van der Waals surface area contributed by atoms with Crippen molar-refractivity contribution in [3.05, 3.63) is 0 Å². The van der Waals surface area contributed by atoms with Gasteiger partial charge in [-0.1, -0.05) is 46.5 Å². The van der Waals surface area contributed by atoms with Gasteiger partial charge in [0.15, 0.2) is 0 Å². The van der Waals surface area contributed by atoms with Crippen molar-refractivity contribution < 1.29 is 14.4 Å². The number of fused-ring (bicyclic) bond motifs is 1. The normalized spacial score (nSPS) is 36.6. The van der Waals surface area contributed by atoms with Crippen molar-refractivity contribution in [3.8, 4) is 0 Å². The summed E-state index contributed by atoms with van der Waals surface area (Å²) in [7, 11) is 0. The predicted octanol–water partition coefficient (Wildman–Crippen LogP) is 1.87. The highest BCUT2D eigenvalue weighted by atomic mass is 16.7. The molecule has 2 heterocycles. The van der Waals surface area contributed by atoms with E-state index in [0.29, 0.717) is 31.2 Å². The van der Waals surface area contributed by atoms with E-state index < -0.39 is 0 Å². The zero-order valence-electron chi connectivity index (χ0n) is 21.3. The van der Waals surface area contributed by atoms with Crippen LogP contribution in [0.2, 0.25) is 0 Å². The van der Waals surface area contributed by atoms with Gasteiger partial charge in [0.1, 0.15) is 6.23 Å². The summed E-state index contributed by atoms with van der Waals surface area (Å²) in [6.07, 6.45) is 10.7. The predicted molar refractivity (Wildman–Crippen MR) is 131 cm³/mol. The fraction of sp³-hybridized carbons (Fsp3) is 0.920. The minimum Gasteiger partial charge on any atom is -0.356 e. The molecular formula is C25H46N6O3. The topological polar surface area (TPSA) is 116 Å². The molecule has 4 rings (SSSR count). The second-order valence-electron chi connectivity index (χ2n) is 11.9. The van der Waals surface area contributed by atoms with E-state index in [1.165, 1.54) is 32.1 Å². The van der Waals surface area contributed by atoms with Gasteiger partial charge in [0, 0.05) is 31.3 Å². The molecule has 194 valence electrons. The van der Waals surface area contributed by atoms with E-state index in [0.717, 1.165) is 31.7 Å². The second kappa shape index (κ2) is 11.6. The molecule has 2 amide bonds. The van der Waals surface area contributed by atoms with Gasteiger partial charge in [0.05, 0.1) is 12.3 Å². The number of amides is 2. The first kappa shape index (κ1) is 25.8. The number of hydrogen-bond donors (Lipinski definition) is 6.